The summed E-state index contributed by atoms with van der Waals surface area (Å²) in [6.07, 6.45) is 0.524. The minimum absolute atomic E-state index is 0.0512. The van der Waals surface area contributed by atoms with Gasteiger partial charge in [0.25, 0.3) is 5.91 Å². The van der Waals surface area contributed by atoms with Gasteiger partial charge in [-0.25, -0.2) is 8.42 Å². The van der Waals surface area contributed by atoms with E-state index < -0.39 is 9.84 Å². The standard InChI is InChI=1S/C15H20Cl2N2O3S/c1-18(8-11-3-4-13(16)14(17)7-11)9-15(20)19(2)12-5-6-23(21,22)10-12/h3-4,7,12H,5-6,8-10H2,1-2H3/p+1/t12-/m0/s1. The number of halogens is 2. The first-order valence-corrected chi connectivity index (χ1v) is 9.97. The molecule has 1 saturated heterocycles. The second-order valence-electron chi connectivity index (χ2n) is 6.12. The maximum Gasteiger partial charge on any atom is 0.277 e. The molecule has 0 bridgehead atoms. The van der Waals surface area contributed by atoms with E-state index in [9.17, 15) is 13.2 Å². The molecule has 0 aromatic heterocycles. The second kappa shape index (κ2) is 7.38. The number of hydrogen-bond donors (Lipinski definition) is 1. The first kappa shape index (κ1) is 18.5. The minimum Gasteiger partial charge on any atom is -0.337 e. The summed E-state index contributed by atoms with van der Waals surface area (Å²) in [4.78, 5) is 14.9. The van der Waals surface area contributed by atoms with E-state index >= 15 is 0 Å². The Kier molecular flexibility index (Phi) is 5.94. The molecule has 23 heavy (non-hydrogen) atoms. The molecule has 2 atom stereocenters. The molecule has 8 heteroatoms. The number of sulfone groups is 1. The maximum absolute atomic E-state index is 12.3. The van der Waals surface area contributed by atoms with E-state index in [1.54, 1.807) is 24.1 Å². The predicted octanol–water partition coefficient (Wildman–Crippen LogP) is 0.654. The average Bonchev–Trinajstić information content (AvgIpc) is 2.82. The van der Waals surface area contributed by atoms with E-state index in [1.165, 1.54) is 0 Å². The van der Waals surface area contributed by atoms with Crippen LogP contribution in [0.5, 0.6) is 0 Å². The zero-order valence-electron chi connectivity index (χ0n) is 13.2. The number of likely N-dealkylation sites (N-methyl/N-ethyl adjacent to an activating group) is 2. The highest BCUT2D eigenvalue weighted by Gasteiger charge is 2.33. The Morgan fingerprint density at radius 2 is 2.04 bits per heavy atom. The molecular weight excluding hydrogens is 359 g/mol. The highest BCUT2D eigenvalue weighted by molar-refractivity contribution is 7.91. The SMILES string of the molecule is CN(C(=O)C[NH+](C)Cc1ccc(Cl)c(Cl)c1)[C@H]1CCS(=O)(=O)C1. The molecule has 1 amide bonds. The molecule has 1 unspecified atom stereocenters. The van der Waals surface area contributed by atoms with Gasteiger partial charge in [0.05, 0.1) is 28.6 Å². The lowest BCUT2D eigenvalue weighted by Crippen LogP contribution is -3.08. The van der Waals surface area contributed by atoms with Crippen LogP contribution < -0.4 is 4.90 Å². The molecule has 1 heterocycles. The average molecular weight is 380 g/mol. The lowest BCUT2D eigenvalue weighted by Gasteiger charge is -2.24. The normalized spacial score (nSPS) is 21.1. The van der Waals surface area contributed by atoms with Gasteiger partial charge in [0, 0.05) is 18.7 Å². The van der Waals surface area contributed by atoms with Gasteiger partial charge in [-0.15, -0.1) is 0 Å². The Morgan fingerprint density at radius 1 is 1.35 bits per heavy atom. The number of amides is 1. The third-order valence-electron chi connectivity index (χ3n) is 4.09. The number of carbonyl (C=O) groups excluding carboxylic acids is 1. The number of nitrogens with one attached hydrogen (secondary N) is 1. The van der Waals surface area contributed by atoms with Crippen molar-refractivity contribution in [1.29, 1.82) is 0 Å². The van der Waals surface area contributed by atoms with Gasteiger partial charge in [0.2, 0.25) is 0 Å². The Morgan fingerprint density at radius 3 is 2.61 bits per heavy atom. The van der Waals surface area contributed by atoms with Crippen molar-refractivity contribution in [3.05, 3.63) is 33.8 Å². The molecule has 1 aliphatic rings. The van der Waals surface area contributed by atoms with Crippen LogP contribution in [-0.2, 0) is 21.2 Å². The quantitative estimate of drug-likeness (QED) is 0.816. The fraction of sp³-hybridized carbons (Fsp3) is 0.533. The Hall–Kier alpha value is -0.820. The molecule has 0 radical (unpaired) electrons. The van der Waals surface area contributed by atoms with Crippen LogP contribution >= 0.6 is 23.2 Å². The predicted molar refractivity (Wildman–Crippen MR) is 91.7 cm³/mol. The van der Waals surface area contributed by atoms with Gasteiger partial charge in [-0.3, -0.25) is 4.79 Å². The number of quaternary nitrogens is 1. The molecule has 0 spiro atoms. The summed E-state index contributed by atoms with van der Waals surface area (Å²) in [6, 6.07) is 5.22. The minimum atomic E-state index is -2.99. The van der Waals surface area contributed by atoms with E-state index in [1.807, 2.05) is 13.1 Å². The highest BCUT2D eigenvalue weighted by atomic mass is 35.5. The molecule has 1 fully saturated rings. The van der Waals surface area contributed by atoms with Gasteiger partial charge >= 0.3 is 0 Å². The molecule has 1 aliphatic heterocycles. The van der Waals surface area contributed by atoms with Crippen molar-refractivity contribution in [1.82, 2.24) is 4.90 Å². The van der Waals surface area contributed by atoms with Crippen LogP contribution in [0.1, 0.15) is 12.0 Å². The molecule has 2 rings (SSSR count). The molecule has 1 N–H and O–H groups in total. The molecule has 128 valence electrons. The van der Waals surface area contributed by atoms with Gasteiger partial charge in [-0.2, -0.15) is 0 Å². The molecule has 0 saturated carbocycles. The monoisotopic (exact) mass is 379 g/mol. The number of rotatable bonds is 5. The van der Waals surface area contributed by atoms with Crippen molar-refractivity contribution < 1.29 is 18.1 Å². The summed E-state index contributed by atoms with van der Waals surface area (Å²) < 4.78 is 23.0. The zero-order chi connectivity index (χ0) is 17.2. The Bertz CT molecular complexity index is 694. The fourth-order valence-electron chi connectivity index (χ4n) is 2.73. The third-order valence-corrected chi connectivity index (χ3v) is 6.58. The van der Waals surface area contributed by atoms with Crippen molar-refractivity contribution in [2.45, 2.75) is 19.0 Å². The maximum atomic E-state index is 12.3. The molecule has 5 nitrogen and oxygen atoms in total. The lowest BCUT2D eigenvalue weighted by molar-refractivity contribution is -0.885. The van der Waals surface area contributed by atoms with Crippen LogP contribution in [-0.4, -0.2) is 57.4 Å². The smallest absolute Gasteiger partial charge is 0.277 e. The summed E-state index contributed by atoms with van der Waals surface area (Å²) in [5, 5.41) is 1.00. The zero-order valence-corrected chi connectivity index (χ0v) is 15.5. The van der Waals surface area contributed by atoms with E-state index in [-0.39, 0.29) is 23.5 Å². The van der Waals surface area contributed by atoms with Crippen molar-refractivity contribution >= 4 is 38.9 Å². The van der Waals surface area contributed by atoms with Gasteiger partial charge < -0.3 is 9.80 Å². The van der Waals surface area contributed by atoms with Gasteiger partial charge in [-0.1, -0.05) is 29.3 Å². The van der Waals surface area contributed by atoms with Gasteiger partial charge in [0.15, 0.2) is 16.4 Å². The van der Waals surface area contributed by atoms with Crippen LogP contribution in [0.2, 0.25) is 10.0 Å². The fourth-order valence-corrected chi connectivity index (χ4v) is 4.82. The summed E-state index contributed by atoms with van der Waals surface area (Å²) in [5.41, 5.74) is 0.996. The topological polar surface area (TPSA) is 58.9 Å². The van der Waals surface area contributed by atoms with Crippen LogP contribution in [0.25, 0.3) is 0 Å². The summed E-state index contributed by atoms with van der Waals surface area (Å²) in [5.74, 6) is 0.187. The summed E-state index contributed by atoms with van der Waals surface area (Å²) in [7, 11) is 0.609. The summed E-state index contributed by atoms with van der Waals surface area (Å²) in [6.45, 7) is 0.937. The third kappa shape index (κ3) is 5.08. The first-order chi connectivity index (χ1) is 10.7. The van der Waals surface area contributed by atoms with Gasteiger partial charge in [0.1, 0.15) is 6.54 Å². The lowest BCUT2D eigenvalue weighted by atomic mass is 10.2. The molecule has 1 aromatic carbocycles. The molecular formula is C15H21Cl2N2O3S+. The Balaban J connectivity index is 1.90. The van der Waals surface area contributed by atoms with E-state index in [2.05, 4.69) is 0 Å². The van der Waals surface area contributed by atoms with Crippen molar-refractivity contribution in [3.63, 3.8) is 0 Å². The number of benzene rings is 1. The van der Waals surface area contributed by atoms with Crippen LogP contribution in [0, 0.1) is 0 Å². The molecule has 1 aromatic rings. The van der Waals surface area contributed by atoms with Crippen molar-refractivity contribution in [3.8, 4) is 0 Å². The highest BCUT2D eigenvalue weighted by Crippen LogP contribution is 2.22. The van der Waals surface area contributed by atoms with Crippen molar-refractivity contribution in [2.24, 2.45) is 0 Å². The van der Waals surface area contributed by atoms with Crippen LogP contribution in [0.4, 0.5) is 0 Å². The Labute approximate surface area is 147 Å². The van der Waals surface area contributed by atoms with E-state index in [4.69, 9.17) is 23.2 Å². The van der Waals surface area contributed by atoms with Gasteiger partial charge in [-0.05, 0) is 18.6 Å². The van der Waals surface area contributed by atoms with E-state index in [0.717, 1.165) is 10.5 Å². The number of nitrogens with zero attached hydrogens (tertiary/aromatic N) is 1. The van der Waals surface area contributed by atoms with E-state index in [0.29, 0.717) is 29.6 Å². The number of carbonyl (C=O) groups is 1. The first-order valence-electron chi connectivity index (χ1n) is 7.39. The van der Waals surface area contributed by atoms with Crippen molar-refractivity contribution in [2.75, 3.05) is 32.1 Å². The molecule has 0 aliphatic carbocycles. The largest absolute Gasteiger partial charge is 0.337 e. The van der Waals surface area contributed by atoms with Crippen LogP contribution in [0.3, 0.4) is 0 Å². The number of hydrogen-bond acceptors (Lipinski definition) is 3. The van der Waals surface area contributed by atoms with Crippen LogP contribution in [0.15, 0.2) is 18.2 Å². The summed E-state index contributed by atoms with van der Waals surface area (Å²) >= 11 is 11.9. The second-order valence-corrected chi connectivity index (χ2v) is 9.16.